The van der Waals surface area contributed by atoms with Gasteiger partial charge in [-0.15, -0.1) is 0 Å². The molecule has 2 fully saturated rings. The zero-order valence-electron chi connectivity index (χ0n) is 13.9. The van der Waals surface area contributed by atoms with Crippen LogP contribution >= 0.6 is 11.6 Å². The molecular formula is C17H24ClN3O3. The van der Waals surface area contributed by atoms with Gasteiger partial charge in [-0.2, -0.15) is 0 Å². The van der Waals surface area contributed by atoms with Crippen LogP contribution in [0.5, 0.6) is 11.5 Å². The minimum atomic E-state index is -0.551. The molecule has 0 aromatic heterocycles. The summed E-state index contributed by atoms with van der Waals surface area (Å²) in [5.41, 5.74) is 6.64. The third-order valence-electron chi connectivity index (χ3n) is 4.90. The molecule has 0 radical (unpaired) electrons. The molecule has 2 saturated heterocycles. The summed E-state index contributed by atoms with van der Waals surface area (Å²) in [4.78, 5) is 13.4. The number of primary amides is 1. The number of halogens is 1. The number of hydrogen-bond acceptors (Lipinski definition) is 5. The van der Waals surface area contributed by atoms with Crippen molar-refractivity contribution in [2.75, 3.05) is 39.9 Å². The Morgan fingerprint density at radius 2 is 2.29 bits per heavy atom. The molecule has 132 valence electrons. The third-order valence-corrected chi connectivity index (χ3v) is 5.18. The Balaban J connectivity index is 1.70. The standard InChI is InChI=1S/C17H24ClN3O3/c1-23-14-7-12(6-13(18)16(14)24-9-15(19)22)8-21-5-3-17(11-21)2-4-20-10-17/h6-7,20H,2-5,8-11H2,1H3,(H2,19,22). The molecule has 6 nitrogen and oxygen atoms in total. The summed E-state index contributed by atoms with van der Waals surface area (Å²) in [6.07, 6.45) is 2.50. The molecular weight excluding hydrogens is 330 g/mol. The van der Waals surface area contributed by atoms with Crippen LogP contribution in [0.3, 0.4) is 0 Å². The minimum absolute atomic E-state index is 0.225. The van der Waals surface area contributed by atoms with Gasteiger partial charge in [0, 0.05) is 19.6 Å². The van der Waals surface area contributed by atoms with Crippen molar-refractivity contribution < 1.29 is 14.3 Å². The highest BCUT2D eigenvalue weighted by atomic mass is 35.5. The van der Waals surface area contributed by atoms with Crippen LogP contribution in [0.1, 0.15) is 18.4 Å². The Bertz CT molecular complexity index is 617. The van der Waals surface area contributed by atoms with Crippen LogP contribution < -0.4 is 20.5 Å². The summed E-state index contributed by atoms with van der Waals surface area (Å²) in [6, 6.07) is 3.79. The molecule has 0 aliphatic carbocycles. The second-order valence-corrected chi connectivity index (χ2v) is 7.16. The van der Waals surface area contributed by atoms with Gasteiger partial charge >= 0.3 is 0 Å². The van der Waals surface area contributed by atoms with Crippen LogP contribution in [-0.2, 0) is 11.3 Å². The first-order valence-corrected chi connectivity index (χ1v) is 8.60. The van der Waals surface area contributed by atoms with Crippen molar-refractivity contribution in [1.29, 1.82) is 0 Å². The maximum Gasteiger partial charge on any atom is 0.255 e. The SMILES string of the molecule is COc1cc(CN2CCC3(CCNC3)C2)cc(Cl)c1OCC(N)=O. The van der Waals surface area contributed by atoms with Crippen LogP contribution in [0, 0.1) is 5.41 Å². The monoisotopic (exact) mass is 353 g/mol. The smallest absolute Gasteiger partial charge is 0.255 e. The zero-order valence-corrected chi connectivity index (χ0v) is 14.7. The van der Waals surface area contributed by atoms with Gasteiger partial charge in [0.2, 0.25) is 0 Å². The molecule has 2 aliphatic rings. The van der Waals surface area contributed by atoms with Crippen LogP contribution in [-0.4, -0.2) is 50.7 Å². The molecule has 7 heteroatoms. The maximum atomic E-state index is 10.9. The fraction of sp³-hybridized carbons (Fsp3) is 0.588. The van der Waals surface area contributed by atoms with E-state index in [0.29, 0.717) is 21.9 Å². The number of nitrogens with zero attached hydrogens (tertiary/aromatic N) is 1. The topological polar surface area (TPSA) is 76.8 Å². The van der Waals surface area contributed by atoms with E-state index in [9.17, 15) is 4.79 Å². The van der Waals surface area contributed by atoms with E-state index in [-0.39, 0.29) is 6.61 Å². The first-order valence-electron chi connectivity index (χ1n) is 8.22. The van der Waals surface area contributed by atoms with Crippen molar-refractivity contribution in [3.63, 3.8) is 0 Å². The van der Waals surface area contributed by atoms with E-state index in [4.69, 9.17) is 26.8 Å². The van der Waals surface area contributed by atoms with Crippen LogP contribution in [0.25, 0.3) is 0 Å². The average molecular weight is 354 g/mol. The van der Waals surface area contributed by atoms with E-state index >= 15 is 0 Å². The van der Waals surface area contributed by atoms with E-state index in [1.54, 1.807) is 7.11 Å². The summed E-state index contributed by atoms with van der Waals surface area (Å²) < 4.78 is 10.7. The molecule has 24 heavy (non-hydrogen) atoms. The molecule has 3 N–H and O–H groups in total. The van der Waals surface area contributed by atoms with E-state index < -0.39 is 5.91 Å². The average Bonchev–Trinajstić information content (AvgIpc) is 3.16. The number of carbonyl (C=O) groups is 1. The fourth-order valence-corrected chi connectivity index (χ4v) is 4.00. The zero-order chi connectivity index (χ0) is 17.2. The highest BCUT2D eigenvalue weighted by molar-refractivity contribution is 6.32. The maximum absolute atomic E-state index is 10.9. The number of benzene rings is 1. The Kier molecular flexibility index (Phi) is 5.18. The van der Waals surface area contributed by atoms with Gasteiger partial charge in [-0.3, -0.25) is 9.69 Å². The number of amides is 1. The summed E-state index contributed by atoms with van der Waals surface area (Å²) in [5.74, 6) is 0.333. The van der Waals surface area contributed by atoms with Crippen molar-refractivity contribution in [1.82, 2.24) is 10.2 Å². The first kappa shape index (κ1) is 17.3. The quantitative estimate of drug-likeness (QED) is 0.808. The lowest BCUT2D eigenvalue weighted by Crippen LogP contribution is -2.28. The number of ether oxygens (including phenoxy) is 2. The molecule has 3 rings (SSSR count). The van der Waals surface area contributed by atoms with E-state index in [1.165, 1.54) is 12.8 Å². The van der Waals surface area contributed by atoms with Gasteiger partial charge in [-0.25, -0.2) is 0 Å². The summed E-state index contributed by atoms with van der Waals surface area (Å²) in [5, 5.41) is 3.91. The van der Waals surface area contributed by atoms with Crippen molar-refractivity contribution in [2.24, 2.45) is 11.1 Å². The molecule has 1 amide bonds. The first-order chi connectivity index (χ1) is 11.5. The molecule has 1 aromatic rings. The Hall–Kier alpha value is -1.50. The number of hydrogen-bond donors (Lipinski definition) is 2. The number of methoxy groups -OCH3 is 1. The molecule has 1 atom stereocenters. The molecule has 1 aromatic carbocycles. The lowest BCUT2D eigenvalue weighted by Gasteiger charge is -2.23. The predicted molar refractivity (Wildman–Crippen MR) is 92.5 cm³/mol. The Labute approximate surface area is 147 Å². The Morgan fingerprint density at radius 1 is 1.46 bits per heavy atom. The van der Waals surface area contributed by atoms with E-state index in [0.717, 1.165) is 38.3 Å². The van der Waals surface area contributed by atoms with E-state index in [1.807, 2.05) is 12.1 Å². The number of nitrogens with one attached hydrogen (secondary N) is 1. The van der Waals surface area contributed by atoms with Gasteiger partial charge in [0.25, 0.3) is 5.91 Å². The van der Waals surface area contributed by atoms with Gasteiger partial charge in [-0.05, 0) is 49.0 Å². The van der Waals surface area contributed by atoms with Crippen molar-refractivity contribution in [3.8, 4) is 11.5 Å². The molecule has 0 bridgehead atoms. The van der Waals surface area contributed by atoms with Crippen LogP contribution in [0.4, 0.5) is 0 Å². The minimum Gasteiger partial charge on any atom is -0.493 e. The van der Waals surface area contributed by atoms with Crippen molar-refractivity contribution in [3.05, 3.63) is 22.7 Å². The molecule has 0 saturated carbocycles. The van der Waals surface area contributed by atoms with Gasteiger partial charge in [0.1, 0.15) is 0 Å². The van der Waals surface area contributed by atoms with Gasteiger partial charge < -0.3 is 20.5 Å². The largest absolute Gasteiger partial charge is 0.493 e. The third kappa shape index (κ3) is 3.77. The summed E-state index contributed by atoms with van der Waals surface area (Å²) >= 11 is 6.32. The second kappa shape index (κ2) is 7.17. The molecule has 2 heterocycles. The molecule has 1 spiro atoms. The van der Waals surface area contributed by atoms with Gasteiger partial charge in [0.15, 0.2) is 18.1 Å². The lowest BCUT2D eigenvalue weighted by atomic mass is 9.86. The lowest BCUT2D eigenvalue weighted by molar-refractivity contribution is -0.119. The van der Waals surface area contributed by atoms with Gasteiger partial charge in [-0.1, -0.05) is 11.6 Å². The predicted octanol–water partition coefficient (Wildman–Crippen LogP) is 1.40. The molecule has 1 unspecified atom stereocenters. The van der Waals surface area contributed by atoms with Crippen molar-refractivity contribution >= 4 is 17.5 Å². The van der Waals surface area contributed by atoms with E-state index in [2.05, 4.69) is 10.2 Å². The number of likely N-dealkylation sites (tertiary alicyclic amines) is 1. The second-order valence-electron chi connectivity index (χ2n) is 6.75. The number of rotatable bonds is 6. The summed E-state index contributed by atoms with van der Waals surface area (Å²) in [6.45, 7) is 5.05. The van der Waals surface area contributed by atoms with Crippen molar-refractivity contribution in [2.45, 2.75) is 19.4 Å². The van der Waals surface area contributed by atoms with Crippen LogP contribution in [0.15, 0.2) is 12.1 Å². The highest BCUT2D eigenvalue weighted by Crippen LogP contribution is 2.39. The highest BCUT2D eigenvalue weighted by Gasteiger charge is 2.40. The normalized spacial score (nSPS) is 23.8. The number of carbonyl (C=O) groups excluding carboxylic acids is 1. The van der Waals surface area contributed by atoms with Crippen LogP contribution in [0.2, 0.25) is 5.02 Å². The summed E-state index contributed by atoms with van der Waals surface area (Å²) in [7, 11) is 1.56. The Morgan fingerprint density at radius 3 is 2.96 bits per heavy atom. The fourth-order valence-electron chi connectivity index (χ4n) is 3.71. The molecule has 2 aliphatic heterocycles. The van der Waals surface area contributed by atoms with Gasteiger partial charge in [0.05, 0.1) is 12.1 Å². The number of nitrogens with two attached hydrogens (primary N) is 1.